The van der Waals surface area contributed by atoms with Gasteiger partial charge >= 0.3 is 0 Å². The fraction of sp³-hybridized carbons (Fsp3) is 0.381. The Bertz CT molecular complexity index is 830. The molecule has 126 valence electrons. The van der Waals surface area contributed by atoms with Gasteiger partial charge in [-0.3, -0.25) is 0 Å². The molecule has 0 saturated heterocycles. The van der Waals surface area contributed by atoms with E-state index in [1.807, 2.05) is 0 Å². The summed E-state index contributed by atoms with van der Waals surface area (Å²) in [5.41, 5.74) is 6.55. The first-order chi connectivity index (χ1) is 11.4. The minimum atomic E-state index is 0.492. The molecule has 1 aromatic carbocycles. The number of hydrogen-bond donors (Lipinski definition) is 0. The summed E-state index contributed by atoms with van der Waals surface area (Å²) in [6.45, 7) is 9.07. The first-order valence-electron chi connectivity index (χ1n) is 8.72. The lowest BCUT2D eigenvalue weighted by Crippen LogP contribution is -2.31. The molecule has 24 heavy (non-hydrogen) atoms. The summed E-state index contributed by atoms with van der Waals surface area (Å²) in [4.78, 5) is 2.14. The number of para-hydroxylation sites is 1. The average molecular weight is 322 g/mol. The summed E-state index contributed by atoms with van der Waals surface area (Å²) in [7, 11) is 4.15. The summed E-state index contributed by atoms with van der Waals surface area (Å²) >= 11 is 0. The molecule has 2 heterocycles. The van der Waals surface area contributed by atoms with E-state index in [0.29, 0.717) is 11.8 Å². The lowest BCUT2D eigenvalue weighted by molar-refractivity contribution is -0.595. The maximum atomic E-state index is 2.29. The van der Waals surface area contributed by atoms with Crippen molar-refractivity contribution in [1.82, 2.24) is 4.40 Å². The van der Waals surface area contributed by atoms with Crippen LogP contribution in [0, 0.1) is 0 Å². The van der Waals surface area contributed by atoms with Crippen LogP contribution in [-0.2, 0) is 0 Å². The summed E-state index contributed by atoms with van der Waals surface area (Å²) in [6.07, 6.45) is 6.55. The first-order valence-corrected chi connectivity index (χ1v) is 8.72. The van der Waals surface area contributed by atoms with Crippen molar-refractivity contribution in [3.63, 3.8) is 0 Å². The Labute approximate surface area is 145 Å². The van der Waals surface area contributed by atoms with Gasteiger partial charge in [0, 0.05) is 43.0 Å². The van der Waals surface area contributed by atoms with E-state index in [4.69, 9.17) is 0 Å². The number of imidazole rings is 1. The highest BCUT2D eigenvalue weighted by Gasteiger charge is 2.20. The van der Waals surface area contributed by atoms with E-state index in [9.17, 15) is 0 Å². The molecule has 0 fully saturated rings. The number of aromatic nitrogens is 2. The molecule has 0 spiro atoms. The van der Waals surface area contributed by atoms with Gasteiger partial charge in [0.25, 0.3) is 6.33 Å². The molecule has 0 amide bonds. The molecule has 0 saturated carbocycles. The number of rotatable bonds is 4. The molecule has 0 unspecified atom stereocenters. The van der Waals surface area contributed by atoms with Gasteiger partial charge in [0.2, 0.25) is 0 Å². The van der Waals surface area contributed by atoms with Crippen molar-refractivity contribution < 1.29 is 4.57 Å². The standard InChI is InChI=1S/C21H28N3/c1-15(2)19-8-7-9-20(16(3)4)21(19)24-13-18-12-17(22(5)6)10-11-23(18)14-24/h7-16H,1-6H3/q+1. The topological polar surface area (TPSA) is 11.5 Å². The average Bonchev–Trinajstić information content (AvgIpc) is 2.96. The highest BCUT2D eigenvalue weighted by Crippen LogP contribution is 2.28. The second-order valence-corrected chi connectivity index (χ2v) is 7.36. The quantitative estimate of drug-likeness (QED) is 0.643. The number of pyridine rings is 1. The molecule has 3 heteroatoms. The van der Waals surface area contributed by atoms with Crippen molar-refractivity contribution >= 4 is 11.2 Å². The predicted molar refractivity (Wildman–Crippen MR) is 101 cm³/mol. The zero-order valence-corrected chi connectivity index (χ0v) is 15.6. The van der Waals surface area contributed by atoms with E-state index in [2.05, 4.69) is 105 Å². The van der Waals surface area contributed by atoms with E-state index in [1.165, 1.54) is 28.0 Å². The highest BCUT2D eigenvalue weighted by molar-refractivity contribution is 5.58. The maximum Gasteiger partial charge on any atom is 0.254 e. The molecule has 0 aliphatic rings. The van der Waals surface area contributed by atoms with Gasteiger partial charge in [-0.15, -0.1) is 0 Å². The van der Waals surface area contributed by atoms with Crippen LogP contribution in [0.15, 0.2) is 49.1 Å². The number of fused-ring (bicyclic) bond motifs is 1. The third-order valence-electron chi connectivity index (χ3n) is 4.64. The van der Waals surface area contributed by atoms with Crippen molar-refractivity contribution in [2.75, 3.05) is 19.0 Å². The first kappa shape index (κ1) is 16.6. The third kappa shape index (κ3) is 2.91. The van der Waals surface area contributed by atoms with E-state index in [1.54, 1.807) is 0 Å². The van der Waals surface area contributed by atoms with Gasteiger partial charge < -0.3 is 4.90 Å². The second kappa shape index (κ2) is 6.31. The van der Waals surface area contributed by atoms with Gasteiger partial charge in [0.05, 0.1) is 6.20 Å². The maximum absolute atomic E-state index is 2.29. The van der Waals surface area contributed by atoms with Gasteiger partial charge in [-0.05, 0) is 11.8 Å². The minimum Gasteiger partial charge on any atom is -0.377 e. The van der Waals surface area contributed by atoms with Crippen LogP contribution in [0.3, 0.4) is 0 Å². The van der Waals surface area contributed by atoms with Crippen LogP contribution in [0.1, 0.15) is 50.7 Å². The largest absolute Gasteiger partial charge is 0.377 e. The second-order valence-electron chi connectivity index (χ2n) is 7.36. The molecule has 0 aliphatic heterocycles. The van der Waals surface area contributed by atoms with Gasteiger partial charge in [-0.25, -0.2) is 8.97 Å². The smallest absolute Gasteiger partial charge is 0.254 e. The van der Waals surface area contributed by atoms with E-state index in [-0.39, 0.29) is 0 Å². The van der Waals surface area contributed by atoms with Crippen LogP contribution >= 0.6 is 0 Å². The number of nitrogens with zero attached hydrogens (tertiary/aromatic N) is 3. The van der Waals surface area contributed by atoms with Crippen LogP contribution in [0.5, 0.6) is 0 Å². The van der Waals surface area contributed by atoms with Crippen LogP contribution in [0.2, 0.25) is 0 Å². The van der Waals surface area contributed by atoms with Crippen molar-refractivity contribution in [2.45, 2.75) is 39.5 Å². The van der Waals surface area contributed by atoms with Crippen molar-refractivity contribution in [3.05, 3.63) is 60.2 Å². The fourth-order valence-corrected chi connectivity index (χ4v) is 3.25. The molecular weight excluding hydrogens is 294 g/mol. The highest BCUT2D eigenvalue weighted by atomic mass is 15.1. The van der Waals surface area contributed by atoms with Crippen LogP contribution in [-0.4, -0.2) is 18.5 Å². The Hall–Kier alpha value is -2.29. The SMILES string of the molecule is CC(C)c1cccc(C(C)C)c1-[n+]1cc2cc(N(C)C)ccn2c1. The number of hydrogen-bond acceptors (Lipinski definition) is 1. The minimum absolute atomic E-state index is 0.492. The van der Waals surface area contributed by atoms with E-state index >= 15 is 0 Å². The number of benzene rings is 1. The normalized spacial score (nSPS) is 11.7. The molecule has 0 bridgehead atoms. The van der Waals surface area contributed by atoms with Crippen molar-refractivity contribution in [3.8, 4) is 5.69 Å². The summed E-state index contributed by atoms with van der Waals surface area (Å²) < 4.78 is 4.48. The Morgan fingerprint density at radius 2 is 1.58 bits per heavy atom. The molecule has 3 rings (SSSR count). The van der Waals surface area contributed by atoms with Crippen LogP contribution < -0.4 is 9.47 Å². The lowest BCUT2D eigenvalue weighted by atomic mass is 9.92. The van der Waals surface area contributed by atoms with E-state index in [0.717, 1.165) is 0 Å². The molecule has 0 atom stereocenters. The Morgan fingerprint density at radius 1 is 0.958 bits per heavy atom. The Morgan fingerprint density at radius 3 is 2.12 bits per heavy atom. The van der Waals surface area contributed by atoms with E-state index < -0.39 is 0 Å². The zero-order chi connectivity index (χ0) is 17.4. The Kier molecular flexibility index (Phi) is 4.35. The van der Waals surface area contributed by atoms with Gasteiger partial charge in [0.15, 0.2) is 5.52 Å². The molecular formula is C21H28N3+. The van der Waals surface area contributed by atoms with Crippen LogP contribution in [0.25, 0.3) is 11.2 Å². The number of anilines is 1. The van der Waals surface area contributed by atoms with Crippen LogP contribution in [0.4, 0.5) is 5.69 Å². The summed E-state index contributed by atoms with van der Waals surface area (Å²) in [5, 5.41) is 0. The molecule has 0 N–H and O–H groups in total. The molecule has 0 radical (unpaired) electrons. The zero-order valence-electron chi connectivity index (χ0n) is 15.6. The third-order valence-corrected chi connectivity index (χ3v) is 4.64. The molecule has 0 aliphatic carbocycles. The van der Waals surface area contributed by atoms with Crippen molar-refractivity contribution in [1.29, 1.82) is 0 Å². The summed E-state index contributed by atoms with van der Waals surface area (Å²) in [6, 6.07) is 11.1. The van der Waals surface area contributed by atoms with Gasteiger partial charge in [0.1, 0.15) is 11.9 Å². The van der Waals surface area contributed by atoms with Crippen molar-refractivity contribution in [2.24, 2.45) is 0 Å². The molecule has 3 aromatic rings. The van der Waals surface area contributed by atoms with Gasteiger partial charge in [-0.1, -0.05) is 45.9 Å². The predicted octanol–water partition coefficient (Wildman–Crippen LogP) is 4.53. The molecule has 3 nitrogen and oxygen atoms in total. The summed E-state index contributed by atoms with van der Waals surface area (Å²) in [5.74, 6) is 0.984. The Balaban J connectivity index is 2.23. The monoisotopic (exact) mass is 322 g/mol. The lowest BCUT2D eigenvalue weighted by Gasteiger charge is -2.16. The van der Waals surface area contributed by atoms with Gasteiger partial charge in [-0.2, -0.15) is 0 Å². The fourth-order valence-electron chi connectivity index (χ4n) is 3.25. The molecule has 2 aromatic heterocycles.